The summed E-state index contributed by atoms with van der Waals surface area (Å²) in [7, 11) is 2.00. The lowest BCUT2D eigenvalue weighted by molar-refractivity contribution is -0.114. The number of rotatable bonds is 6. The summed E-state index contributed by atoms with van der Waals surface area (Å²) in [5.41, 5.74) is 4.70. The average Bonchev–Trinajstić information content (AvgIpc) is 3.16. The molecule has 32 heavy (non-hydrogen) atoms. The largest absolute Gasteiger partial charge is 0.485 e. The van der Waals surface area contributed by atoms with E-state index in [1.165, 1.54) is 48.9 Å². The first-order chi connectivity index (χ1) is 15.7. The zero-order valence-corrected chi connectivity index (χ0v) is 19.2. The van der Waals surface area contributed by atoms with Crippen molar-refractivity contribution in [3.05, 3.63) is 77.1 Å². The monoisotopic (exact) mass is 431 g/mol. The fourth-order valence-corrected chi connectivity index (χ4v) is 4.94. The van der Waals surface area contributed by atoms with E-state index < -0.39 is 0 Å². The number of hydroxylamine groups is 2. The molecule has 1 saturated carbocycles. The van der Waals surface area contributed by atoms with Crippen LogP contribution >= 0.6 is 0 Å². The topological polar surface area (TPSA) is 39.5 Å². The van der Waals surface area contributed by atoms with Crippen LogP contribution in [-0.4, -0.2) is 20.9 Å². The molecule has 3 aromatic rings. The molecule has 1 aliphatic heterocycles. The van der Waals surface area contributed by atoms with E-state index in [0.29, 0.717) is 12.6 Å². The summed E-state index contributed by atoms with van der Waals surface area (Å²) in [5, 5.41) is 6.83. The average molecular weight is 432 g/mol. The highest BCUT2D eigenvalue weighted by Crippen LogP contribution is 2.37. The van der Waals surface area contributed by atoms with E-state index in [2.05, 4.69) is 59.6 Å². The van der Waals surface area contributed by atoms with E-state index in [1.807, 2.05) is 23.9 Å². The van der Waals surface area contributed by atoms with Gasteiger partial charge in [-0.2, -0.15) is 5.10 Å². The summed E-state index contributed by atoms with van der Waals surface area (Å²) < 4.78 is 8.26. The minimum absolute atomic E-state index is 0.126. The maximum absolute atomic E-state index is 6.51. The van der Waals surface area contributed by atoms with Crippen molar-refractivity contribution in [2.45, 2.75) is 70.6 Å². The van der Waals surface area contributed by atoms with E-state index >= 15 is 0 Å². The first kappa shape index (κ1) is 21.1. The number of nitrogens with zero attached hydrogens (tertiary/aromatic N) is 3. The third-order valence-electron chi connectivity index (χ3n) is 6.84. The smallest absolute Gasteiger partial charge is 0.148 e. The van der Waals surface area contributed by atoms with Crippen LogP contribution in [0.5, 0.6) is 11.5 Å². The minimum atomic E-state index is 0.126. The van der Waals surface area contributed by atoms with Gasteiger partial charge in [0.25, 0.3) is 0 Å². The van der Waals surface area contributed by atoms with Gasteiger partial charge in [-0.05, 0) is 68.0 Å². The van der Waals surface area contributed by atoms with Crippen LogP contribution in [0.25, 0.3) is 0 Å². The zero-order chi connectivity index (χ0) is 21.9. The molecule has 0 spiro atoms. The molecular weight excluding hydrogens is 398 g/mol. The van der Waals surface area contributed by atoms with Gasteiger partial charge < -0.3 is 9.57 Å². The van der Waals surface area contributed by atoms with Gasteiger partial charge in [-0.15, -0.1) is 5.06 Å². The number of ether oxygens (including phenoxy) is 1. The highest BCUT2D eigenvalue weighted by atomic mass is 16.7. The predicted octanol–water partition coefficient (Wildman–Crippen LogP) is 5.92. The molecule has 2 aliphatic rings. The Morgan fingerprint density at radius 3 is 2.59 bits per heavy atom. The third kappa shape index (κ3) is 4.68. The standard InChI is InChI=1S/C27H33N3O2/c1-20-17-23(28-29(20)2)19-30(24-11-7-4-8-12-24)32-25-14-16-27-22(18-25)13-15-26(31-27)21-9-5-3-6-10-21/h3,5-6,9-10,14,16-18,24,26H,4,7-8,11-13,15,19H2,1-2H3. The highest BCUT2D eigenvalue weighted by molar-refractivity contribution is 5.42. The lowest BCUT2D eigenvalue weighted by atomic mass is 9.95. The summed E-state index contributed by atoms with van der Waals surface area (Å²) >= 11 is 0. The Morgan fingerprint density at radius 1 is 1.03 bits per heavy atom. The molecule has 1 fully saturated rings. The van der Waals surface area contributed by atoms with E-state index in [4.69, 9.17) is 9.57 Å². The van der Waals surface area contributed by atoms with E-state index in [-0.39, 0.29) is 6.10 Å². The summed E-state index contributed by atoms with van der Waals surface area (Å²) in [6.45, 7) is 2.80. The van der Waals surface area contributed by atoms with Gasteiger partial charge in [0, 0.05) is 18.8 Å². The van der Waals surface area contributed by atoms with Crippen LogP contribution in [0, 0.1) is 6.92 Å². The molecule has 0 N–H and O–H groups in total. The Labute approximate surface area is 190 Å². The first-order valence-corrected chi connectivity index (χ1v) is 11.9. The number of hydrogen-bond acceptors (Lipinski definition) is 4. The Bertz CT molecular complexity index is 1020. The van der Waals surface area contributed by atoms with Crippen molar-refractivity contribution in [3.8, 4) is 11.5 Å². The second-order valence-electron chi connectivity index (χ2n) is 9.18. The van der Waals surface area contributed by atoms with Gasteiger partial charge in [0.1, 0.15) is 17.6 Å². The molecular formula is C27H33N3O2. The molecule has 2 heterocycles. The minimum Gasteiger partial charge on any atom is -0.485 e. The Balaban J connectivity index is 1.32. The SMILES string of the molecule is Cc1cc(CN(Oc2ccc3c(c2)CCC(c2ccccc2)O3)C2CCCCC2)nn1C. The normalized spacial score (nSPS) is 18.9. The van der Waals surface area contributed by atoms with Crippen LogP contribution in [0.1, 0.15) is 67.1 Å². The molecule has 0 saturated heterocycles. The van der Waals surface area contributed by atoms with Crippen molar-refractivity contribution >= 4 is 0 Å². The van der Waals surface area contributed by atoms with Gasteiger partial charge in [0.2, 0.25) is 0 Å². The van der Waals surface area contributed by atoms with Crippen LogP contribution < -0.4 is 9.57 Å². The molecule has 5 rings (SSSR count). The van der Waals surface area contributed by atoms with Crippen LogP contribution in [-0.2, 0) is 20.0 Å². The van der Waals surface area contributed by atoms with Gasteiger partial charge in [0.15, 0.2) is 0 Å². The molecule has 1 atom stereocenters. The molecule has 1 aromatic heterocycles. The summed E-state index contributed by atoms with van der Waals surface area (Å²) in [5.74, 6) is 1.87. The lowest BCUT2D eigenvalue weighted by Gasteiger charge is -2.33. The van der Waals surface area contributed by atoms with Crippen molar-refractivity contribution in [2.24, 2.45) is 7.05 Å². The maximum Gasteiger partial charge on any atom is 0.148 e. The molecule has 0 bridgehead atoms. The van der Waals surface area contributed by atoms with Crippen molar-refractivity contribution in [1.29, 1.82) is 0 Å². The maximum atomic E-state index is 6.51. The van der Waals surface area contributed by atoms with E-state index in [9.17, 15) is 0 Å². The molecule has 0 radical (unpaired) electrons. The van der Waals surface area contributed by atoms with Crippen molar-refractivity contribution in [3.63, 3.8) is 0 Å². The summed E-state index contributed by atoms with van der Waals surface area (Å²) in [6.07, 6.45) is 8.33. The highest BCUT2D eigenvalue weighted by Gasteiger charge is 2.26. The molecule has 1 unspecified atom stereocenters. The molecule has 0 amide bonds. The molecule has 2 aromatic carbocycles. The second kappa shape index (κ2) is 9.37. The van der Waals surface area contributed by atoms with Gasteiger partial charge in [-0.3, -0.25) is 4.68 Å². The summed E-state index contributed by atoms with van der Waals surface area (Å²) in [4.78, 5) is 6.51. The first-order valence-electron chi connectivity index (χ1n) is 11.9. The number of benzene rings is 2. The van der Waals surface area contributed by atoms with Crippen molar-refractivity contribution in [2.75, 3.05) is 0 Å². The van der Waals surface area contributed by atoms with E-state index in [0.717, 1.165) is 30.0 Å². The molecule has 5 heteroatoms. The fraction of sp³-hybridized carbons (Fsp3) is 0.444. The summed E-state index contributed by atoms with van der Waals surface area (Å²) in [6, 6.07) is 19.4. The number of aromatic nitrogens is 2. The van der Waals surface area contributed by atoms with Crippen LogP contribution in [0.15, 0.2) is 54.6 Å². The fourth-order valence-electron chi connectivity index (χ4n) is 4.94. The Hall–Kier alpha value is -2.79. The molecule has 168 valence electrons. The van der Waals surface area contributed by atoms with Gasteiger partial charge in [0.05, 0.1) is 12.2 Å². The van der Waals surface area contributed by atoms with Gasteiger partial charge in [-0.25, -0.2) is 0 Å². The van der Waals surface area contributed by atoms with Crippen LogP contribution in [0.2, 0.25) is 0 Å². The molecule has 1 aliphatic carbocycles. The lowest BCUT2D eigenvalue weighted by Crippen LogP contribution is -2.39. The van der Waals surface area contributed by atoms with Crippen molar-refractivity contribution in [1.82, 2.24) is 14.8 Å². The van der Waals surface area contributed by atoms with Crippen LogP contribution in [0.4, 0.5) is 0 Å². The van der Waals surface area contributed by atoms with E-state index in [1.54, 1.807) is 0 Å². The number of aryl methyl sites for hydroxylation is 3. The van der Waals surface area contributed by atoms with Crippen molar-refractivity contribution < 1.29 is 9.57 Å². The Kier molecular flexibility index (Phi) is 6.17. The Morgan fingerprint density at radius 2 is 1.84 bits per heavy atom. The van der Waals surface area contributed by atoms with Gasteiger partial charge >= 0.3 is 0 Å². The second-order valence-corrected chi connectivity index (χ2v) is 9.18. The third-order valence-corrected chi connectivity index (χ3v) is 6.84. The number of fused-ring (bicyclic) bond motifs is 1. The zero-order valence-electron chi connectivity index (χ0n) is 19.2. The predicted molar refractivity (Wildman–Crippen MR) is 126 cm³/mol. The number of hydrogen-bond donors (Lipinski definition) is 0. The van der Waals surface area contributed by atoms with Gasteiger partial charge in [-0.1, -0.05) is 49.6 Å². The van der Waals surface area contributed by atoms with Crippen LogP contribution in [0.3, 0.4) is 0 Å². The quantitative estimate of drug-likeness (QED) is 0.454. The molecule has 5 nitrogen and oxygen atoms in total.